The number of pyridine rings is 1. The van der Waals surface area contributed by atoms with Crippen LogP contribution in [-0.4, -0.2) is 22.0 Å². The van der Waals surface area contributed by atoms with Gasteiger partial charge in [0, 0.05) is 23.4 Å². The van der Waals surface area contributed by atoms with Crippen molar-refractivity contribution in [2.24, 2.45) is 4.99 Å². The van der Waals surface area contributed by atoms with Gasteiger partial charge in [0.2, 0.25) is 0 Å². The second kappa shape index (κ2) is 12.2. The molecular weight excluding hydrogens is 774 g/mol. The van der Waals surface area contributed by atoms with Gasteiger partial charge in [-0.05, 0) is 79.2 Å². The zero-order valence-electron chi connectivity index (χ0n) is 29.7. The Balaban J connectivity index is 0.00000401. The first kappa shape index (κ1) is 34.4. The molecule has 1 fully saturated rings. The first-order valence-corrected chi connectivity index (χ1v) is 17.2. The van der Waals surface area contributed by atoms with Crippen molar-refractivity contribution in [3.05, 3.63) is 107 Å². The predicted molar refractivity (Wildman–Crippen MR) is 191 cm³/mol. The number of hydrogen-bond donors (Lipinski definition) is 0. The molecule has 0 N–H and O–H groups in total. The van der Waals surface area contributed by atoms with E-state index in [1.54, 1.807) is 0 Å². The van der Waals surface area contributed by atoms with Crippen LogP contribution in [0.15, 0.2) is 71.9 Å². The second-order valence-electron chi connectivity index (χ2n) is 15.9. The van der Waals surface area contributed by atoms with Crippen LogP contribution in [-0.2, 0) is 36.6 Å². The van der Waals surface area contributed by atoms with Crippen LogP contribution in [0.5, 0.6) is 11.5 Å². The summed E-state index contributed by atoms with van der Waals surface area (Å²) < 4.78 is 13.3. The molecule has 3 aromatic carbocycles. The third-order valence-electron chi connectivity index (χ3n) is 10.8. The minimum absolute atomic E-state index is 0. The summed E-state index contributed by atoms with van der Waals surface area (Å²) in [5, 5.41) is 0. The first-order valence-electron chi connectivity index (χ1n) is 17.2. The van der Waals surface area contributed by atoms with Crippen LogP contribution in [0.2, 0.25) is 0 Å². The molecule has 1 saturated carbocycles. The fourth-order valence-electron chi connectivity index (χ4n) is 7.47. The van der Waals surface area contributed by atoms with E-state index in [0.29, 0.717) is 23.3 Å². The number of rotatable bonds is 5. The summed E-state index contributed by atoms with van der Waals surface area (Å²) >= 11 is 0. The molecule has 3 aliphatic rings. The van der Waals surface area contributed by atoms with E-state index in [4.69, 9.17) is 19.5 Å². The van der Waals surface area contributed by atoms with Crippen molar-refractivity contribution in [3.8, 4) is 11.5 Å². The SMILES string of the molecule is CC(C)c1cc(Oc2[c-]c3c(cc2)C(C)(C)c2ccccc2N3c2cc(C(C)(C)C)ccn2)[c-]c(C2=N[C@@]3(C)CCCC[C@]3(C)O2)c1.[Pt+2]. The molecule has 5 nitrogen and oxygen atoms in total. The molecule has 1 aliphatic carbocycles. The number of aromatic nitrogens is 1. The van der Waals surface area contributed by atoms with Crippen LogP contribution in [0.3, 0.4) is 0 Å². The number of ether oxygens (including phenoxy) is 2. The maximum Gasteiger partial charge on any atom is 2.00 e. The van der Waals surface area contributed by atoms with Gasteiger partial charge in [-0.3, -0.25) is 4.99 Å². The van der Waals surface area contributed by atoms with Gasteiger partial charge in [-0.1, -0.05) is 96.5 Å². The van der Waals surface area contributed by atoms with Crippen LogP contribution in [0, 0.1) is 12.1 Å². The van der Waals surface area contributed by atoms with E-state index < -0.39 is 0 Å². The molecule has 7 rings (SSSR count). The maximum absolute atomic E-state index is 6.65. The van der Waals surface area contributed by atoms with Gasteiger partial charge in [-0.15, -0.1) is 29.3 Å². The molecule has 1 aromatic heterocycles. The Morgan fingerprint density at radius 2 is 1.62 bits per heavy atom. The van der Waals surface area contributed by atoms with Crippen molar-refractivity contribution in [2.75, 3.05) is 4.90 Å². The van der Waals surface area contributed by atoms with Crippen molar-refractivity contribution >= 4 is 23.1 Å². The Morgan fingerprint density at radius 1 is 0.875 bits per heavy atom. The molecule has 0 bridgehead atoms. The number of aliphatic imine (C=N–C) groups is 1. The largest absolute Gasteiger partial charge is 2.00 e. The van der Waals surface area contributed by atoms with Gasteiger partial charge in [-0.25, -0.2) is 4.98 Å². The minimum atomic E-state index is -0.291. The van der Waals surface area contributed by atoms with Crippen LogP contribution < -0.4 is 9.64 Å². The molecular formula is C42H47N3O2Pt. The summed E-state index contributed by atoms with van der Waals surface area (Å²) in [6, 6.07) is 28.6. The summed E-state index contributed by atoms with van der Waals surface area (Å²) in [5.41, 5.74) is 6.93. The van der Waals surface area contributed by atoms with Crippen molar-refractivity contribution in [2.45, 2.75) is 116 Å². The molecule has 48 heavy (non-hydrogen) atoms. The molecule has 3 heterocycles. The van der Waals surface area contributed by atoms with Gasteiger partial charge in [0.05, 0.1) is 5.54 Å². The van der Waals surface area contributed by atoms with E-state index in [2.05, 4.69) is 134 Å². The summed E-state index contributed by atoms with van der Waals surface area (Å²) in [6.45, 7) is 20.1. The van der Waals surface area contributed by atoms with Crippen LogP contribution >= 0.6 is 0 Å². The number of nitrogens with zero attached hydrogens (tertiary/aromatic N) is 3. The first-order chi connectivity index (χ1) is 22.2. The smallest absolute Gasteiger partial charge is 0.512 e. The standard InChI is InChI=1S/C42H47N3O2.Pt/c1-27(2)28-22-29(38-44-41(8)19-12-13-20-42(41,9)47-38)24-32(23-28)46-31-16-17-34-36(26-31)45(35-15-11-10-14-33(35)40(34,6)7)37-25-30(18-21-43-37)39(3,4)5;/h10-11,14-18,21-23,25,27H,12-13,19-20H2,1-9H3;/q-2;+2/t41-,42-;/m0./s1. The Morgan fingerprint density at radius 3 is 2.35 bits per heavy atom. The summed E-state index contributed by atoms with van der Waals surface area (Å²) in [7, 11) is 0. The molecule has 2 atom stereocenters. The third kappa shape index (κ3) is 5.80. The van der Waals surface area contributed by atoms with Crippen molar-refractivity contribution in [1.29, 1.82) is 0 Å². The van der Waals surface area contributed by atoms with Gasteiger partial charge >= 0.3 is 21.1 Å². The summed E-state index contributed by atoms with van der Waals surface area (Å²) in [6.07, 6.45) is 6.31. The van der Waals surface area contributed by atoms with Gasteiger partial charge in [-0.2, -0.15) is 6.07 Å². The fourth-order valence-corrected chi connectivity index (χ4v) is 7.47. The van der Waals surface area contributed by atoms with E-state index >= 15 is 0 Å². The number of hydrogen-bond acceptors (Lipinski definition) is 5. The molecule has 0 amide bonds. The fraction of sp³-hybridized carbons (Fsp3) is 0.429. The topological polar surface area (TPSA) is 47.0 Å². The van der Waals surface area contributed by atoms with Gasteiger partial charge in [0.25, 0.3) is 0 Å². The Bertz CT molecular complexity index is 1890. The number of fused-ring (bicyclic) bond motifs is 3. The van der Waals surface area contributed by atoms with Gasteiger partial charge in [0.15, 0.2) is 0 Å². The summed E-state index contributed by atoms with van der Waals surface area (Å²) in [5.74, 6) is 3.09. The molecule has 252 valence electrons. The zero-order chi connectivity index (χ0) is 33.4. The normalized spacial score (nSPS) is 22.5. The minimum Gasteiger partial charge on any atom is -0.512 e. The van der Waals surface area contributed by atoms with Crippen molar-refractivity contribution in [3.63, 3.8) is 0 Å². The Hall–Kier alpha value is -3.43. The summed E-state index contributed by atoms with van der Waals surface area (Å²) in [4.78, 5) is 12.3. The van der Waals surface area contributed by atoms with E-state index in [1.807, 2.05) is 12.3 Å². The monoisotopic (exact) mass is 820 g/mol. The number of benzene rings is 3. The molecule has 0 spiro atoms. The average molecular weight is 821 g/mol. The van der Waals surface area contributed by atoms with E-state index in [-0.39, 0.29) is 43.0 Å². The Labute approximate surface area is 301 Å². The Kier molecular flexibility index (Phi) is 8.72. The van der Waals surface area contributed by atoms with Gasteiger partial charge in [0.1, 0.15) is 17.3 Å². The molecule has 0 unspecified atom stereocenters. The van der Waals surface area contributed by atoms with Gasteiger partial charge < -0.3 is 14.4 Å². The van der Waals surface area contributed by atoms with E-state index in [9.17, 15) is 0 Å². The average Bonchev–Trinajstić information content (AvgIpc) is 3.32. The molecule has 2 aliphatic heterocycles. The third-order valence-corrected chi connectivity index (χ3v) is 10.8. The zero-order valence-corrected chi connectivity index (χ0v) is 32.0. The quantitative estimate of drug-likeness (QED) is 0.188. The van der Waals surface area contributed by atoms with Crippen LogP contribution in [0.1, 0.15) is 122 Å². The van der Waals surface area contributed by atoms with Crippen LogP contribution in [0.25, 0.3) is 0 Å². The molecule has 0 saturated heterocycles. The van der Waals surface area contributed by atoms with E-state index in [0.717, 1.165) is 41.2 Å². The number of anilines is 3. The maximum atomic E-state index is 6.65. The number of para-hydroxylation sites is 1. The van der Waals surface area contributed by atoms with Crippen LogP contribution in [0.4, 0.5) is 17.2 Å². The molecule has 0 radical (unpaired) electrons. The van der Waals surface area contributed by atoms with E-state index in [1.165, 1.54) is 29.5 Å². The molecule has 4 aromatic rings. The second-order valence-corrected chi connectivity index (χ2v) is 15.9. The predicted octanol–water partition coefficient (Wildman–Crippen LogP) is 10.9. The van der Waals surface area contributed by atoms with Crippen molar-refractivity contribution < 1.29 is 30.5 Å². The molecule has 6 heteroatoms. The van der Waals surface area contributed by atoms with Crippen molar-refractivity contribution in [1.82, 2.24) is 4.98 Å².